The molecule has 2 N–H and O–H groups in total. The lowest BCUT2D eigenvalue weighted by Crippen LogP contribution is -2.37. The molecule has 1 aromatic carbocycles. The smallest absolute Gasteiger partial charge is 0.387 e. The van der Waals surface area contributed by atoms with Crippen LogP contribution in [0.4, 0.5) is 26.2 Å². The Morgan fingerprint density at radius 3 is 3.00 bits per heavy atom. The molecular formula is C17H18ClF2N5O3. The van der Waals surface area contributed by atoms with Crippen LogP contribution < -0.4 is 15.4 Å². The van der Waals surface area contributed by atoms with Gasteiger partial charge >= 0.3 is 6.61 Å². The van der Waals surface area contributed by atoms with Gasteiger partial charge in [0.1, 0.15) is 22.7 Å². The van der Waals surface area contributed by atoms with Gasteiger partial charge in [-0.2, -0.15) is 13.8 Å². The highest BCUT2D eigenvalue weighted by Crippen LogP contribution is 2.33. The highest BCUT2D eigenvalue weighted by molar-refractivity contribution is 6.32. The van der Waals surface area contributed by atoms with Gasteiger partial charge in [-0.05, 0) is 17.7 Å². The molecule has 0 bridgehead atoms. The average molecular weight is 414 g/mol. The van der Waals surface area contributed by atoms with Gasteiger partial charge in [0.05, 0.1) is 25.0 Å². The summed E-state index contributed by atoms with van der Waals surface area (Å²) in [6.45, 7) is -1.84. The molecule has 1 saturated heterocycles. The summed E-state index contributed by atoms with van der Waals surface area (Å²) in [7, 11) is 1.64. The average Bonchev–Trinajstić information content (AvgIpc) is 2.70. The standard InChI is InChI=1S/C17H18ClF2N5O3/c1-21-15-11(18)7-22-17(24-15)23-12-3-2-10(6-13(12)28-16(19)20)14-8-25(9-26)4-5-27-14/h2-3,6-7,9,14,16H,4-5,8H2,1H3,(H2,21,22,23,24). The van der Waals surface area contributed by atoms with Crippen molar-refractivity contribution in [2.24, 2.45) is 0 Å². The van der Waals surface area contributed by atoms with Crippen LogP contribution in [0, 0.1) is 0 Å². The topological polar surface area (TPSA) is 88.6 Å². The van der Waals surface area contributed by atoms with Gasteiger partial charge in [-0.25, -0.2) is 4.98 Å². The number of anilines is 3. The molecule has 0 aliphatic carbocycles. The number of rotatable bonds is 7. The fourth-order valence-electron chi connectivity index (χ4n) is 2.73. The summed E-state index contributed by atoms with van der Waals surface area (Å²) < 4.78 is 36.1. The van der Waals surface area contributed by atoms with E-state index in [1.54, 1.807) is 24.1 Å². The Morgan fingerprint density at radius 2 is 2.29 bits per heavy atom. The Kier molecular flexibility index (Phi) is 6.42. The number of carbonyl (C=O) groups excluding carboxylic acids is 1. The largest absolute Gasteiger partial charge is 0.433 e. The molecule has 1 aromatic heterocycles. The predicted octanol–water partition coefficient (Wildman–Crippen LogP) is 3.05. The van der Waals surface area contributed by atoms with Crippen LogP contribution in [0.1, 0.15) is 11.7 Å². The van der Waals surface area contributed by atoms with Gasteiger partial charge in [0.25, 0.3) is 0 Å². The molecule has 2 aromatic rings. The lowest BCUT2D eigenvalue weighted by molar-refractivity contribution is -0.125. The number of halogens is 3. The molecule has 1 amide bonds. The molecule has 0 radical (unpaired) electrons. The summed E-state index contributed by atoms with van der Waals surface area (Å²) >= 11 is 5.95. The van der Waals surface area contributed by atoms with E-state index < -0.39 is 12.7 Å². The van der Waals surface area contributed by atoms with Crippen molar-refractivity contribution < 1.29 is 23.0 Å². The SMILES string of the molecule is CNc1nc(Nc2ccc(C3CN(C=O)CCO3)cc2OC(F)F)ncc1Cl. The normalized spacial score (nSPS) is 16.8. The Labute approximate surface area is 164 Å². The molecule has 0 spiro atoms. The molecule has 1 unspecified atom stereocenters. The molecule has 1 aliphatic heterocycles. The second-order valence-electron chi connectivity index (χ2n) is 5.86. The van der Waals surface area contributed by atoms with Gasteiger partial charge in [-0.1, -0.05) is 17.7 Å². The Bertz CT molecular complexity index is 842. The number of nitrogens with zero attached hydrogens (tertiary/aromatic N) is 3. The number of benzene rings is 1. The summed E-state index contributed by atoms with van der Waals surface area (Å²) in [5.41, 5.74) is 0.858. The van der Waals surface area contributed by atoms with E-state index in [1.165, 1.54) is 12.3 Å². The number of amides is 1. The molecule has 2 heterocycles. The molecule has 11 heteroatoms. The van der Waals surface area contributed by atoms with Gasteiger partial charge in [0, 0.05) is 13.6 Å². The summed E-state index contributed by atoms with van der Waals surface area (Å²) in [4.78, 5) is 20.7. The zero-order valence-corrected chi connectivity index (χ0v) is 15.6. The first-order chi connectivity index (χ1) is 13.5. The first kappa shape index (κ1) is 20.0. The third kappa shape index (κ3) is 4.76. The molecule has 1 fully saturated rings. The Balaban J connectivity index is 1.87. The zero-order valence-electron chi connectivity index (χ0n) is 14.9. The third-order valence-corrected chi connectivity index (χ3v) is 4.34. The second kappa shape index (κ2) is 8.98. The minimum absolute atomic E-state index is 0.0936. The summed E-state index contributed by atoms with van der Waals surface area (Å²) in [6, 6.07) is 4.71. The van der Waals surface area contributed by atoms with Crippen molar-refractivity contribution in [2.75, 3.05) is 37.4 Å². The van der Waals surface area contributed by atoms with Crippen molar-refractivity contribution in [2.45, 2.75) is 12.7 Å². The number of carbonyl (C=O) groups is 1. The molecule has 8 nitrogen and oxygen atoms in total. The summed E-state index contributed by atoms with van der Waals surface area (Å²) in [5, 5.41) is 5.97. The Hall–Kier alpha value is -2.72. The number of nitrogens with one attached hydrogen (secondary N) is 2. The maximum atomic E-state index is 12.9. The molecule has 1 atom stereocenters. The number of hydrogen-bond acceptors (Lipinski definition) is 7. The number of ether oxygens (including phenoxy) is 2. The highest BCUT2D eigenvalue weighted by Gasteiger charge is 2.23. The van der Waals surface area contributed by atoms with Crippen molar-refractivity contribution in [3.63, 3.8) is 0 Å². The first-order valence-corrected chi connectivity index (χ1v) is 8.75. The van der Waals surface area contributed by atoms with Crippen LogP contribution in [0.3, 0.4) is 0 Å². The van der Waals surface area contributed by atoms with Gasteiger partial charge < -0.3 is 25.0 Å². The van der Waals surface area contributed by atoms with Crippen LogP contribution in [0.25, 0.3) is 0 Å². The second-order valence-corrected chi connectivity index (χ2v) is 6.27. The minimum atomic E-state index is -3.02. The van der Waals surface area contributed by atoms with Crippen molar-refractivity contribution in [3.05, 3.63) is 35.0 Å². The van der Waals surface area contributed by atoms with E-state index in [4.69, 9.17) is 16.3 Å². The predicted molar refractivity (Wildman–Crippen MR) is 99.3 cm³/mol. The molecule has 28 heavy (non-hydrogen) atoms. The van der Waals surface area contributed by atoms with Crippen LogP contribution in [0.15, 0.2) is 24.4 Å². The quantitative estimate of drug-likeness (QED) is 0.674. The van der Waals surface area contributed by atoms with Gasteiger partial charge in [0.2, 0.25) is 12.4 Å². The molecule has 0 saturated carbocycles. The van der Waals surface area contributed by atoms with E-state index >= 15 is 0 Å². The lowest BCUT2D eigenvalue weighted by Gasteiger charge is -2.30. The summed E-state index contributed by atoms with van der Waals surface area (Å²) in [5.74, 6) is 0.447. The molecule has 3 rings (SSSR count). The van der Waals surface area contributed by atoms with E-state index in [2.05, 4.69) is 25.3 Å². The van der Waals surface area contributed by atoms with Crippen molar-refractivity contribution in [1.82, 2.24) is 14.9 Å². The number of aromatic nitrogens is 2. The summed E-state index contributed by atoms with van der Waals surface area (Å²) in [6.07, 6.45) is 1.68. The van der Waals surface area contributed by atoms with Gasteiger partial charge in [0.15, 0.2) is 0 Å². The fourth-order valence-corrected chi connectivity index (χ4v) is 2.91. The highest BCUT2D eigenvalue weighted by atomic mass is 35.5. The van der Waals surface area contributed by atoms with E-state index in [0.29, 0.717) is 36.1 Å². The molecule has 150 valence electrons. The number of morpholine rings is 1. The van der Waals surface area contributed by atoms with Gasteiger partial charge in [-0.3, -0.25) is 4.79 Å². The van der Waals surface area contributed by atoms with E-state index in [1.807, 2.05) is 0 Å². The van der Waals surface area contributed by atoms with E-state index in [9.17, 15) is 13.6 Å². The van der Waals surface area contributed by atoms with Crippen LogP contribution in [0.5, 0.6) is 5.75 Å². The maximum absolute atomic E-state index is 12.9. The Morgan fingerprint density at radius 1 is 1.46 bits per heavy atom. The van der Waals surface area contributed by atoms with E-state index in [0.717, 1.165) is 6.41 Å². The molecular weight excluding hydrogens is 396 g/mol. The van der Waals surface area contributed by atoms with E-state index in [-0.39, 0.29) is 17.4 Å². The van der Waals surface area contributed by atoms with Crippen LogP contribution in [0.2, 0.25) is 5.02 Å². The van der Waals surface area contributed by atoms with Crippen molar-refractivity contribution >= 4 is 35.5 Å². The van der Waals surface area contributed by atoms with Crippen molar-refractivity contribution in [3.8, 4) is 5.75 Å². The van der Waals surface area contributed by atoms with Gasteiger partial charge in [-0.15, -0.1) is 0 Å². The van der Waals surface area contributed by atoms with Crippen LogP contribution in [-0.2, 0) is 9.53 Å². The fraction of sp³-hybridized carbons (Fsp3) is 0.353. The monoisotopic (exact) mass is 413 g/mol. The first-order valence-electron chi connectivity index (χ1n) is 8.37. The van der Waals surface area contributed by atoms with Crippen LogP contribution in [-0.4, -0.2) is 54.6 Å². The minimum Gasteiger partial charge on any atom is -0.433 e. The lowest BCUT2D eigenvalue weighted by atomic mass is 10.1. The molecule has 1 aliphatic rings. The van der Waals surface area contributed by atoms with Crippen molar-refractivity contribution in [1.29, 1.82) is 0 Å². The zero-order chi connectivity index (χ0) is 20.1. The van der Waals surface area contributed by atoms with Crippen LogP contribution >= 0.6 is 11.6 Å². The third-order valence-electron chi connectivity index (χ3n) is 4.07. The maximum Gasteiger partial charge on any atom is 0.387 e. The number of alkyl halides is 2. The number of hydrogen-bond donors (Lipinski definition) is 2.